The number of aliphatic hydroxyl groups is 1. The zero-order valence-electron chi connectivity index (χ0n) is 9.36. The van der Waals surface area contributed by atoms with Crippen molar-refractivity contribution >= 4 is 0 Å². The number of para-hydroxylation sites is 1. The summed E-state index contributed by atoms with van der Waals surface area (Å²) in [7, 11) is 0. The number of rotatable bonds is 5. The first-order valence-corrected chi connectivity index (χ1v) is 5.15. The van der Waals surface area contributed by atoms with Gasteiger partial charge in [-0.2, -0.15) is 0 Å². The van der Waals surface area contributed by atoms with Gasteiger partial charge in [0.15, 0.2) is 0 Å². The quantitative estimate of drug-likeness (QED) is 0.750. The Morgan fingerprint density at radius 3 is 2.73 bits per heavy atom. The Kier molecular flexibility index (Phi) is 4.37. The number of aliphatic hydroxyl groups excluding tert-OH is 1. The predicted molar refractivity (Wildman–Crippen MR) is 62.0 cm³/mol. The van der Waals surface area contributed by atoms with Crippen molar-refractivity contribution in [1.82, 2.24) is 0 Å². The van der Waals surface area contributed by atoms with Crippen LogP contribution in [0.4, 0.5) is 0 Å². The molecule has 1 aromatic carbocycles. The average Bonchev–Trinajstić information content (AvgIpc) is 2.17. The van der Waals surface area contributed by atoms with Gasteiger partial charge in [-0.1, -0.05) is 23.8 Å². The molecule has 0 heterocycles. The first kappa shape index (κ1) is 11.8. The van der Waals surface area contributed by atoms with Gasteiger partial charge in [-0.05, 0) is 19.9 Å². The van der Waals surface area contributed by atoms with Crippen molar-refractivity contribution in [1.29, 1.82) is 0 Å². The van der Waals surface area contributed by atoms with E-state index in [0.29, 0.717) is 6.61 Å². The molecule has 0 saturated carbocycles. The van der Waals surface area contributed by atoms with E-state index in [1.165, 1.54) is 0 Å². The molecule has 0 aliphatic heterocycles. The lowest BCUT2D eigenvalue weighted by atomic mass is 10.1. The molecule has 82 valence electrons. The second kappa shape index (κ2) is 5.56. The number of benzene rings is 1. The van der Waals surface area contributed by atoms with E-state index in [2.05, 4.69) is 6.58 Å². The lowest BCUT2D eigenvalue weighted by Gasteiger charge is -2.12. The van der Waals surface area contributed by atoms with Crippen LogP contribution < -0.4 is 4.74 Å². The first-order valence-electron chi connectivity index (χ1n) is 5.15. The molecule has 1 aromatic rings. The van der Waals surface area contributed by atoms with Gasteiger partial charge in [-0.15, -0.1) is 6.58 Å². The molecule has 0 saturated heterocycles. The minimum atomic E-state index is -0.494. The van der Waals surface area contributed by atoms with Gasteiger partial charge >= 0.3 is 0 Å². The van der Waals surface area contributed by atoms with E-state index in [0.717, 1.165) is 23.3 Å². The van der Waals surface area contributed by atoms with Crippen LogP contribution in [0.15, 0.2) is 36.4 Å². The Morgan fingerprint density at radius 2 is 2.13 bits per heavy atom. The number of hydrogen-bond acceptors (Lipinski definition) is 2. The third kappa shape index (κ3) is 3.76. The molecule has 1 rings (SSSR count). The standard InChI is InChI=1S/C13H18O2/c1-10(2)8-9-15-13-7-5-4-6-12(13)11(3)14/h4-7,11,14H,1,8-9H2,2-3H3/t11-/m0/s1. The Balaban J connectivity index is 2.63. The van der Waals surface area contributed by atoms with Gasteiger partial charge in [0.25, 0.3) is 0 Å². The fourth-order valence-electron chi connectivity index (χ4n) is 1.29. The highest BCUT2D eigenvalue weighted by Crippen LogP contribution is 2.24. The van der Waals surface area contributed by atoms with Crippen LogP contribution in [-0.4, -0.2) is 11.7 Å². The summed E-state index contributed by atoms with van der Waals surface area (Å²) in [5.41, 5.74) is 1.93. The van der Waals surface area contributed by atoms with Crippen LogP contribution in [0.3, 0.4) is 0 Å². The normalized spacial score (nSPS) is 12.2. The molecule has 0 aliphatic rings. The average molecular weight is 206 g/mol. The zero-order chi connectivity index (χ0) is 11.3. The molecule has 0 aromatic heterocycles. The van der Waals surface area contributed by atoms with Gasteiger partial charge in [0.05, 0.1) is 12.7 Å². The summed E-state index contributed by atoms with van der Waals surface area (Å²) < 4.78 is 5.59. The molecule has 0 bridgehead atoms. The zero-order valence-corrected chi connectivity index (χ0v) is 9.36. The highest BCUT2D eigenvalue weighted by molar-refractivity contribution is 5.34. The molecule has 0 spiro atoms. The Bertz CT molecular complexity index is 329. The molecule has 2 heteroatoms. The Labute approximate surface area is 91.2 Å². The van der Waals surface area contributed by atoms with Gasteiger partial charge in [0, 0.05) is 12.0 Å². The largest absolute Gasteiger partial charge is 0.493 e. The molecule has 0 amide bonds. The van der Waals surface area contributed by atoms with Gasteiger partial charge in [-0.3, -0.25) is 0 Å². The monoisotopic (exact) mass is 206 g/mol. The minimum absolute atomic E-state index is 0.494. The van der Waals surface area contributed by atoms with Crippen molar-refractivity contribution < 1.29 is 9.84 Å². The summed E-state index contributed by atoms with van der Waals surface area (Å²) in [4.78, 5) is 0. The number of ether oxygens (including phenoxy) is 1. The summed E-state index contributed by atoms with van der Waals surface area (Å²) in [6, 6.07) is 7.55. The van der Waals surface area contributed by atoms with E-state index >= 15 is 0 Å². The molecule has 1 N–H and O–H groups in total. The Hall–Kier alpha value is -1.28. The SMILES string of the molecule is C=C(C)CCOc1ccccc1[C@H](C)O. The lowest BCUT2D eigenvalue weighted by molar-refractivity contribution is 0.191. The van der Waals surface area contributed by atoms with E-state index in [4.69, 9.17) is 4.74 Å². The minimum Gasteiger partial charge on any atom is -0.493 e. The van der Waals surface area contributed by atoms with Crippen LogP contribution >= 0.6 is 0 Å². The van der Waals surface area contributed by atoms with E-state index in [9.17, 15) is 5.11 Å². The van der Waals surface area contributed by atoms with Gasteiger partial charge in [-0.25, -0.2) is 0 Å². The van der Waals surface area contributed by atoms with Crippen molar-refractivity contribution in [3.8, 4) is 5.75 Å². The van der Waals surface area contributed by atoms with Crippen LogP contribution in [-0.2, 0) is 0 Å². The molecule has 0 fully saturated rings. The van der Waals surface area contributed by atoms with E-state index in [-0.39, 0.29) is 0 Å². The first-order chi connectivity index (χ1) is 7.11. The van der Waals surface area contributed by atoms with Crippen LogP contribution in [0.2, 0.25) is 0 Å². The molecule has 0 radical (unpaired) electrons. The van der Waals surface area contributed by atoms with Gasteiger partial charge < -0.3 is 9.84 Å². The van der Waals surface area contributed by atoms with E-state index < -0.39 is 6.10 Å². The summed E-state index contributed by atoms with van der Waals surface area (Å²) >= 11 is 0. The number of hydrogen-bond donors (Lipinski definition) is 1. The smallest absolute Gasteiger partial charge is 0.125 e. The van der Waals surface area contributed by atoms with Crippen LogP contribution in [0.25, 0.3) is 0 Å². The fraction of sp³-hybridized carbons (Fsp3) is 0.385. The maximum absolute atomic E-state index is 9.52. The van der Waals surface area contributed by atoms with E-state index in [1.54, 1.807) is 6.92 Å². The van der Waals surface area contributed by atoms with Crippen molar-refractivity contribution in [3.05, 3.63) is 42.0 Å². The summed E-state index contributed by atoms with van der Waals surface area (Å²) in [5, 5.41) is 9.52. The fourth-order valence-corrected chi connectivity index (χ4v) is 1.29. The van der Waals surface area contributed by atoms with E-state index in [1.807, 2.05) is 31.2 Å². The second-order valence-corrected chi connectivity index (χ2v) is 3.77. The topological polar surface area (TPSA) is 29.5 Å². The molecule has 0 unspecified atom stereocenters. The Morgan fingerprint density at radius 1 is 1.47 bits per heavy atom. The molecular formula is C13H18O2. The van der Waals surface area contributed by atoms with Crippen LogP contribution in [0.5, 0.6) is 5.75 Å². The maximum Gasteiger partial charge on any atom is 0.125 e. The molecular weight excluding hydrogens is 188 g/mol. The summed E-state index contributed by atoms with van der Waals surface area (Å²) in [6.07, 6.45) is 0.347. The van der Waals surface area contributed by atoms with Crippen molar-refractivity contribution in [2.24, 2.45) is 0 Å². The van der Waals surface area contributed by atoms with Crippen molar-refractivity contribution in [3.63, 3.8) is 0 Å². The van der Waals surface area contributed by atoms with Crippen LogP contribution in [0.1, 0.15) is 31.9 Å². The third-order valence-electron chi connectivity index (χ3n) is 2.16. The van der Waals surface area contributed by atoms with Gasteiger partial charge in [0.2, 0.25) is 0 Å². The summed E-state index contributed by atoms with van der Waals surface area (Å²) in [6.45, 7) is 8.14. The summed E-state index contributed by atoms with van der Waals surface area (Å²) in [5.74, 6) is 0.758. The van der Waals surface area contributed by atoms with Gasteiger partial charge in [0.1, 0.15) is 5.75 Å². The molecule has 15 heavy (non-hydrogen) atoms. The predicted octanol–water partition coefficient (Wildman–Crippen LogP) is 3.08. The van der Waals surface area contributed by atoms with Crippen molar-refractivity contribution in [2.75, 3.05) is 6.61 Å². The third-order valence-corrected chi connectivity index (χ3v) is 2.16. The van der Waals surface area contributed by atoms with Crippen LogP contribution in [0, 0.1) is 0 Å². The molecule has 0 aliphatic carbocycles. The molecule has 2 nitrogen and oxygen atoms in total. The van der Waals surface area contributed by atoms with Crippen molar-refractivity contribution in [2.45, 2.75) is 26.4 Å². The highest BCUT2D eigenvalue weighted by Gasteiger charge is 2.07. The lowest BCUT2D eigenvalue weighted by Crippen LogP contribution is -2.02. The second-order valence-electron chi connectivity index (χ2n) is 3.77. The highest BCUT2D eigenvalue weighted by atomic mass is 16.5. The maximum atomic E-state index is 9.52. The molecule has 1 atom stereocenters.